The summed E-state index contributed by atoms with van der Waals surface area (Å²) >= 11 is 0. The Hall–Kier alpha value is -1.68. The monoisotopic (exact) mass is 276 g/mol. The van der Waals surface area contributed by atoms with Crippen LogP contribution in [0, 0.1) is 0 Å². The number of carbonyl (C=O) groups is 2. The standard InChI is InChI=1S/C9H7NO2.C4H9N.C3H8/c1-10-8(11)6-4-2-3-5-7(6)9(10)12;1-2-4-5-3-1;1-3-2/h2-5H,1H3;5H,1-4H2;3H2,1-2H3. The van der Waals surface area contributed by atoms with Crippen LogP contribution in [0.5, 0.6) is 0 Å². The molecule has 0 spiro atoms. The SMILES string of the molecule is C1CCNC1.CCC.CN1C(=O)c2ccccc2C1=O. The first-order chi connectivity index (χ1) is 9.63. The van der Waals surface area contributed by atoms with Gasteiger partial charge in [-0.2, -0.15) is 0 Å². The molecule has 0 saturated carbocycles. The third-order valence-electron chi connectivity index (χ3n) is 2.95. The first-order valence-electron chi connectivity index (χ1n) is 7.25. The van der Waals surface area contributed by atoms with Gasteiger partial charge in [0.05, 0.1) is 11.1 Å². The summed E-state index contributed by atoms with van der Waals surface area (Å²) in [6, 6.07) is 6.84. The lowest BCUT2D eigenvalue weighted by molar-refractivity contribution is 0.0693. The third kappa shape index (κ3) is 4.17. The minimum Gasteiger partial charge on any atom is -0.317 e. The minimum atomic E-state index is -0.212. The topological polar surface area (TPSA) is 49.4 Å². The van der Waals surface area contributed by atoms with E-state index in [0.717, 1.165) is 4.90 Å². The smallest absolute Gasteiger partial charge is 0.261 e. The number of fused-ring (bicyclic) bond motifs is 1. The molecule has 0 unspecified atom stereocenters. The van der Waals surface area contributed by atoms with E-state index >= 15 is 0 Å². The van der Waals surface area contributed by atoms with E-state index in [-0.39, 0.29) is 11.8 Å². The van der Waals surface area contributed by atoms with E-state index in [4.69, 9.17) is 0 Å². The second kappa shape index (κ2) is 8.48. The normalized spacial score (nSPS) is 16.1. The highest BCUT2D eigenvalue weighted by Gasteiger charge is 2.31. The molecule has 3 rings (SSSR count). The lowest BCUT2D eigenvalue weighted by Crippen LogP contribution is -2.24. The maximum Gasteiger partial charge on any atom is 0.261 e. The van der Waals surface area contributed by atoms with Crippen LogP contribution in [-0.4, -0.2) is 36.9 Å². The Morgan fingerprint density at radius 2 is 1.40 bits per heavy atom. The van der Waals surface area contributed by atoms with E-state index < -0.39 is 0 Å². The van der Waals surface area contributed by atoms with Crippen LogP contribution in [0.25, 0.3) is 0 Å². The van der Waals surface area contributed by atoms with Crippen LogP contribution in [0.15, 0.2) is 24.3 Å². The van der Waals surface area contributed by atoms with Crippen LogP contribution in [-0.2, 0) is 0 Å². The van der Waals surface area contributed by atoms with Crippen molar-refractivity contribution in [2.24, 2.45) is 0 Å². The van der Waals surface area contributed by atoms with Gasteiger partial charge in [0.2, 0.25) is 0 Å². The van der Waals surface area contributed by atoms with E-state index in [1.165, 1.54) is 39.4 Å². The van der Waals surface area contributed by atoms with E-state index in [2.05, 4.69) is 19.2 Å². The Morgan fingerprint density at radius 3 is 1.70 bits per heavy atom. The van der Waals surface area contributed by atoms with Gasteiger partial charge < -0.3 is 5.32 Å². The minimum absolute atomic E-state index is 0.212. The van der Waals surface area contributed by atoms with Gasteiger partial charge in [0.15, 0.2) is 0 Å². The van der Waals surface area contributed by atoms with E-state index in [1.54, 1.807) is 24.3 Å². The summed E-state index contributed by atoms with van der Waals surface area (Å²) in [5.41, 5.74) is 1.01. The summed E-state index contributed by atoms with van der Waals surface area (Å²) in [5, 5.41) is 3.22. The first kappa shape index (κ1) is 16.4. The van der Waals surface area contributed by atoms with Crippen molar-refractivity contribution in [3.05, 3.63) is 35.4 Å². The highest BCUT2D eigenvalue weighted by Crippen LogP contribution is 2.20. The zero-order valence-corrected chi connectivity index (χ0v) is 12.6. The largest absolute Gasteiger partial charge is 0.317 e. The maximum absolute atomic E-state index is 11.3. The fraction of sp³-hybridized carbons (Fsp3) is 0.500. The summed E-state index contributed by atoms with van der Waals surface area (Å²) in [6.07, 6.45) is 4.03. The van der Waals surface area contributed by atoms with E-state index in [9.17, 15) is 9.59 Å². The van der Waals surface area contributed by atoms with Crippen molar-refractivity contribution in [2.75, 3.05) is 20.1 Å². The summed E-state index contributed by atoms with van der Waals surface area (Å²) in [7, 11) is 1.49. The molecule has 2 heterocycles. The molecule has 1 N–H and O–H groups in total. The van der Waals surface area contributed by atoms with Gasteiger partial charge >= 0.3 is 0 Å². The Kier molecular flexibility index (Phi) is 6.94. The average molecular weight is 276 g/mol. The van der Waals surface area contributed by atoms with Gasteiger partial charge in [-0.05, 0) is 38.1 Å². The van der Waals surface area contributed by atoms with Crippen molar-refractivity contribution in [2.45, 2.75) is 33.1 Å². The number of carbonyl (C=O) groups excluding carboxylic acids is 2. The Balaban J connectivity index is 0.000000208. The lowest BCUT2D eigenvalue weighted by Gasteiger charge is -2.02. The summed E-state index contributed by atoms with van der Waals surface area (Å²) in [4.78, 5) is 23.8. The number of imide groups is 1. The number of hydrogen-bond acceptors (Lipinski definition) is 3. The molecule has 4 nitrogen and oxygen atoms in total. The lowest BCUT2D eigenvalue weighted by atomic mass is 10.1. The number of rotatable bonds is 0. The second-order valence-corrected chi connectivity index (χ2v) is 4.88. The Bertz CT molecular complexity index is 411. The van der Waals surface area contributed by atoms with Crippen LogP contribution in [0.1, 0.15) is 53.8 Å². The van der Waals surface area contributed by atoms with E-state index in [1.807, 2.05) is 0 Å². The molecule has 110 valence electrons. The maximum atomic E-state index is 11.3. The van der Waals surface area contributed by atoms with Crippen LogP contribution in [0.4, 0.5) is 0 Å². The van der Waals surface area contributed by atoms with Crippen LogP contribution in [0.2, 0.25) is 0 Å². The van der Waals surface area contributed by atoms with Crippen LogP contribution >= 0.6 is 0 Å². The first-order valence-corrected chi connectivity index (χ1v) is 7.25. The summed E-state index contributed by atoms with van der Waals surface area (Å²) in [6.45, 7) is 6.75. The van der Waals surface area contributed by atoms with Crippen molar-refractivity contribution in [3.63, 3.8) is 0 Å². The number of amides is 2. The van der Waals surface area contributed by atoms with Crippen molar-refractivity contribution >= 4 is 11.8 Å². The predicted octanol–water partition coefficient (Wildman–Crippen LogP) is 2.70. The predicted molar refractivity (Wildman–Crippen MR) is 80.9 cm³/mol. The van der Waals surface area contributed by atoms with Crippen molar-refractivity contribution in [1.29, 1.82) is 0 Å². The summed E-state index contributed by atoms with van der Waals surface area (Å²) in [5.74, 6) is -0.425. The van der Waals surface area contributed by atoms with Gasteiger partial charge in [0, 0.05) is 7.05 Å². The second-order valence-electron chi connectivity index (χ2n) is 4.88. The molecule has 0 atom stereocenters. The van der Waals surface area contributed by atoms with Gasteiger partial charge in [-0.3, -0.25) is 14.5 Å². The molecule has 20 heavy (non-hydrogen) atoms. The fourth-order valence-corrected chi connectivity index (χ4v) is 1.93. The van der Waals surface area contributed by atoms with Gasteiger partial charge in [-0.15, -0.1) is 0 Å². The quantitative estimate of drug-likeness (QED) is 0.741. The molecular weight excluding hydrogens is 252 g/mol. The Labute approximate surface area is 121 Å². The molecule has 2 aliphatic rings. The van der Waals surface area contributed by atoms with Crippen molar-refractivity contribution < 1.29 is 9.59 Å². The molecule has 0 aromatic heterocycles. The molecule has 1 aromatic carbocycles. The number of nitrogens with zero attached hydrogens (tertiary/aromatic N) is 1. The number of hydrogen-bond donors (Lipinski definition) is 1. The number of nitrogens with one attached hydrogen (secondary N) is 1. The van der Waals surface area contributed by atoms with Crippen LogP contribution in [0.3, 0.4) is 0 Å². The molecule has 0 radical (unpaired) electrons. The fourth-order valence-electron chi connectivity index (χ4n) is 1.93. The molecule has 1 fully saturated rings. The highest BCUT2D eigenvalue weighted by molar-refractivity contribution is 6.21. The van der Waals surface area contributed by atoms with Gasteiger partial charge in [0.1, 0.15) is 0 Å². The zero-order valence-electron chi connectivity index (χ0n) is 12.6. The third-order valence-corrected chi connectivity index (χ3v) is 2.95. The van der Waals surface area contributed by atoms with Gasteiger partial charge in [0.25, 0.3) is 11.8 Å². The van der Waals surface area contributed by atoms with Gasteiger partial charge in [-0.25, -0.2) is 0 Å². The zero-order chi connectivity index (χ0) is 15.0. The molecule has 2 amide bonds. The van der Waals surface area contributed by atoms with Crippen LogP contribution < -0.4 is 5.32 Å². The molecular formula is C16H24N2O2. The highest BCUT2D eigenvalue weighted by atomic mass is 16.2. The molecule has 0 bridgehead atoms. The molecule has 1 aromatic rings. The summed E-state index contributed by atoms with van der Waals surface area (Å²) < 4.78 is 0. The average Bonchev–Trinajstić information content (AvgIpc) is 3.10. The van der Waals surface area contributed by atoms with Crippen molar-refractivity contribution in [3.8, 4) is 0 Å². The van der Waals surface area contributed by atoms with E-state index in [0.29, 0.717) is 11.1 Å². The van der Waals surface area contributed by atoms with Gasteiger partial charge in [-0.1, -0.05) is 32.4 Å². The Morgan fingerprint density at radius 1 is 1.00 bits per heavy atom. The van der Waals surface area contributed by atoms with Crippen molar-refractivity contribution in [1.82, 2.24) is 10.2 Å². The molecule has 0 aliphatic carbocycles. The molecule has 2 aliphatic heterocycles. The number of benzene rings is 1. The molecule has 4 heteroatoms. The molecule has 1 saturated heterocycles.